The van der Waals surface area contributed by atoms with Crippen LogP contribution in [0.2, 0.25) is 0 Å². The van der Waals surface area contributed by atoms with Gasteiger partial charge in [0.05, 0.1) is 16.2 Å². The molecule has 2 aliphatic heterocycles. The van der Waals surface area contributed by atoms with E-state index in [-0.39, 0.29) is 11.5 Å². The van der Waals surface area contributed by atoms with E-state index in [1.165, 1.54) is 45.7 Å². The van der Waals surface area contributed by atoms with E-state index in [4.69, 9.17) is 17.3 Å². The number of aromatic carboxylic acids is 1. The third kappa shape index (κ3) is 3.70. The van der Waals surface area contributed by atoms with Crippen molar-refractivity contribution in [3.8, 4) is 0 Å². The van der Waals surface area contributed by atoms with Gasteiger partial charge in [0.15, 0.2) is 4.32 Å². The average molecular weight is 459 g/mol. The molecule has 0 aromatic heterocycles. The van der Waals surface area contributed by atoms with Crippen LogP contribution < -0.4 is 9.80 Å². The zero-order valence-electron chi connectivity index (χ0n) is 16.9. The number of rotatable bonds is 4. The molecule has 0 saturated carbocycles. The minimum atomic E-state index is -1.01. The number of amides is 1. The number of hydrogen-bond donors (Lipinski definition) is 1. The minimum Gasteiger partial charge on any atom is -0.478 e. The summed E-state index contributed by atoms with van der Waals surface area (Å²) >= 11 is 6.69. The summed E-state index contributed by atoms with van der Waals surface area (Å²) in [6.07, 6.45) is 2.82. The lowest BCUT2D eigenvalue weighted by atomic mass is 10.1. The molecule has 0 unspecified atom stereocenters. The number of carboxylic acids is 1. The lowest BCUT2D eigenvalue weighted by Crippen LogP contribution is -2.27. The highest BCUT2D eigenvalue weighted by Gasteiger charge is 2.33. The predicted molar refractivity (Wildman–Crippen MR) is 133 cm³/mol. The molecule has 7 heteroatoms. The van der Waals surface area contributed by atoms with Crippen LogP contribution in [0.3, 0.4) is 0 Å². The largest absolute Gasteiger partial charge is 0.478 e. The number of thioether (sulfide) groups is 1. The first-order chi connectivity index (χ1) is 15.5. The lowest BCUT2D eigenvalue weighted by molar-refractivity contribution is -0.113. The van der Waals surface area contributed by atoms with Gasteiger partial charge in [0.2, 0.25) is 0 Å². The second-order valence-corrected chi connectivity index (χ2v) is 9.17. The number of hydrogen-bond acceptors (Lipinski definition) is 5. The fourth-order valence-corrected chi connectivity index (χ4v) is 5.28. The van der Waals surface area contributed by atoms with Crippen molar-refractivity contribution in [3.05, 3.63) is 94.4 Å². The molecule has 0 atom stereocenters. The maximum atomic E-state index is 13.0. The first kappa shape index (κ1) is 20.5. The van der Waals surface area contributed by atoms with Crippen molar-refractivity contribution < 1.29 is 14.7 Å². The molecular formula is C25H18N2O3S2. The van der Waals surface area contributed by atoms with Gasteiger partial charge in [-0.2, -0.15) is 0 Å². The molecule has 0 bridgehead atoms. The summed E-state index contributed by atoms with van der Waals surface area (Å²) in [4.78, 5) is 28.4. The van der Waals surface area contributed by atoms with E-state index in [1.807, 2.05) is 30.3 Å². The standard InChI is InChI=1S/C25H18N2O3S2/c28-23-22(32-25(31)27(23)20-9-7-17(8-10-20)24(29)30)15-16-6-11-21-18(14-16)12-13-26(21)19-4-2-1-3-5-19/h1-11,14-15H,12-13H2,(H,29,30). The molecule has 5 rings (SSSR count). The van der Waals surface area contributed by atoms with Gasteiger partial charge >= 0.3 is 5.97 Å². The maximum Gasteiger partial charge on any atom is 0.335 e. The van der Waals surface area contributed by atoms with E-state index in [0.29, 0.717) is 14.9 Å². The van der Waals surface area contributed by atoms with Crippen LogP contribution in [0.5, 0.6) is 0 Å². The van der Waals surface area contributed by atoms with Gasteiger partial charge < -0.3 is 10.0 Å². The minimum absolute atomic E-state index is 0.164. The first-order valence-electron chi connectivity index (χ1n) is 10.1. The Morgan fingerprint density at radius 2 is 1.75 bits per heavy atom. The zero-order chi connectivity index (χ0) is 22.2. The number of anilines is 3. The number of benzene rings is 3. The number of thiocarbonyl (C=S) groups is 1. The van der Waals surface area contributed by atoms with E-state index in [2.05, 4.69) is 29.2 Å². The Balaban J connectivity index is 1.39. The number of nitrogens with zero attached hydrogens (tertiary/aromatic N) is 2. The van der Waals surface area contributed by atoms with Crippen LogP contribution in [0.1, 0.15) is 21.5 Å². The Morgan fingerprint density at radius 1 is 1.00 bits per heavy atom. The first-order valence-corrected chi connectivity index (χ1v) is 11.3. The van der Waals surface area contributed by atoms with E-state index in [1.54, 1.807) is 12.1 Å². The fraction of sp³-hybridized carbons (Fsp3) is 0.0800. The summed E-state index contributed by atoms with van der Waals surface area (Å²) < 4.78 is 0.431. The molecule has 1 fully saturated rings. The van der Waals surface area contributed by atoms with Crippen LogP contribution >= 0.6 is 24.0 Å². The number of para-hydroxylation sites is 1. The van der Waals surface area contributed by atoms with Gasteiger partial charge in [0.25, 0.3) is 5.91 Å². The Morgan fingerprint density at radius 3 is 2.47 bits per heavy atom. The van der Waals surface area contributed by atoms with Gasteiger partial charge in [-0.15, -0.1) is 0 Å². The summed E-state index contributed by atoms with van der Waals surface area (Å²) in [5, 5.41) is 9.08. The van der Waals surface area contributed by atoms with Crippen molar-refractivity contribution >= 4 is 63.3 Å². The van der Waals surface area contributed by atoms with Gasteiger partial charge in [-0.3, -0.25) is 9.69 Å². The summed E-state index contributed by atoms with van der Waals surface area (Å²) in [5.74, 6) is -1.21. The summed E-state index contributed by atoms with van der Waals surface area (Å²) in [5.41, 5.74) is 5.31. The molecule has 0 radical (unpaired) electrons. The second kappa shape index (κ2) is 8.26. The number of fused-ring (bicyclic) bond motifs is 1. The number of carbonyl (C=O) groups excluding carboxylic acids is 1. The van der Waals surface area contributed by atoms with Gasteiger partial charge in [-0.05, 0) is 72.2 Å². The van der Waals surface area contributed by atoms with Gasteiger partial charge in [0, 0.05) is 17.9 Å². The summed E-state index contributed by atoms with van der Waals surface area (Å²) in [6.45, 7) is 0.928. The Bertz CT molecular complexity index is 1270. The van der Waals surface area contributed by atoms with Crippen molar-refractivity contribution in [1.82, 2.24) is 0 Å². The summed E-state index contributed by atoms with van der Waals surface area (Å²) in [7, 11) is 0. The smallest absolute Gasteiger partial charge is 0.335 e. The Labute approximate surface area is 195 Å². The number of carboxylic acid groups (broad SMARTS) is 1. The molecule has 1 saturated heterocycles. The van der Waals surface area contributed by atoms with Crippen LogP contribution in [-0.2, 0) is 11.2 Å². The fourth-order valence-electron chi connectivity index (χ4n) is 3.98. The molecule has 5 nitrogen and oxygen atoms in total. The number of carbonyl (C=O) groups is 2. The Kier molecular flexibility index (Phi) is 5.28. The average Bonchev–Trinajstić information content (AvgIpc) is 3.34. The molecule has 158 valence electrons. The molecule has 1 amide bonds. The molecule has 3 aromatic rings. The molecule has 3 aromatic carbocycles. The van der Waals surface area contributed by atoms with Gasteiger partial charge in [-0.25, -0.2) is 4.79 Å². The van der Waals surface area contributed by atoms with Gasteiger partial charge in [-0.1, -0.05) is 48.2 Å². The highest BCUT2D eigenvalue weighted by Crippen LogP contribution is 2.38. The van der Waals surface area contributed by atoms with Crippen molar-refractivity contribution in [2.24, 2.45) is 0 Å². The van der Waals surface area contributed by atoms with Crippen molar-refractivity contribution in [2.75, 3.05) is 16.3 Å². The quantitative estimate of drug-likeness (QED) is 0.412. The van der Waals surface area contributed by atoms with E-state index < -0.39 is 5.97 Å². The zero-order valence-corrected chi connectivity index (χ0v) is 18.5. The van der Waals surface area contributed by atoms with E-state index in [9.17, 15) is 9.59 Å². The molecular weight excluding hydrogens is 440 g/mol. The molecule has 1 N–H and O–H groups in total. The predicted octanol–water partition coefficient (Wildman–Crippen LogP) is 5.48. The van der Waals surface area contributed by atoms with Crippen molar-refractivity contribution in [2.45, 2.75) is 6.42 Å². The van der Waals surface area contributed by atoms with Gasteiger partial charge in [0.1, 0.15) is 0 Å². The van der Waals surface area contributed by atoms with Crippen molar-refractivity contribution in [3.63, 3.8) is 0 Å². The Hall–Kier alpha value is -3.42. The van der Waals surface area contributed by atoms with Crippen LogP contribution in [0.4, 0.5) is 17.1 Å². The van der Waals surface area contributed by atoms with Crippen LogP contribution in [-0.4, -0.2) is 27.8 Å². The third-order valence-electron chi connectivity index (χ3n) is 5.53. The van der Waals surface area contributed by atoms with E-state index in [0.717, 1.165) is 18.5 Å². The molecule has 32 heavy (non-hydrogen) atoms. The molecule has 2 aliphatic rings. The van der Waals surface area contributed by atoms with Crippen LogP contribution in [0.15, 0.2) is 77.7 Å². The lowest BCUT2D eigenvalue weighted by Gasteiger charge is -2.19. The van der Waals surface area contributed by atoms with Crippen molar-refractivity contribution in [1.29, 1.82) is 0 Å². The van der Waals surface area contributed by atoms with E-state index >= 15 is 0 Å². The van der Waals surface area contributed by atoms with Crippen LogP contribution in [0.25, 0.3) is 6.08 Å². The topological polar surface area (TPSA) is 60.9 Å². The third-order valence-corrected chi connectivity index (χ3v) is 6.83. The summed E-state index contributed by atoms with van der Waals surface area (Å²) in [6, 6.07) is 22.7. The highest BCUT2D eigenvalue weighted by atomic mass is 32.2. The maximum absolute atomic E-state index is 13.0. The second-order valence-electron chi connectivity index (χ2n) is 7.49. The monoisotopic (exact) mass is 458 g/mol. The van der Waals surface area contributed by atoms with Crippen LogP contribution in [0, 0.1) is 0 Å². The SMILES string of the molecule is O=C(O)c1ccc(N2C(=O)C(=Cc3ccc4c(c3)CCN4c3ccccc3)SC2=S)cc1. The molecule has 2 heterocycles. The molecule has 0 aliphatic carbocycles. The normalized spacial score (nSPS) is 16.7. The highest BCUT2D eigenvalue weighted by molar-refractivity contribution is 8.27. The molecule has 0 spiro atoms.